The highest BCUT2D eigenvalue weighted by Gasteiger charge is 2.25. The van der Waals surface area contributed by atoms with E-state index in [0.29, 0.717) is 6.04 Å². The molecule has 2 aliphatic heterocycles. The first kappa shape index (κ1) is 16.9. The second kappa shape index (κ2) is 7.78. The maximum atomic E-state index is 5.50. The zero-order valence-corrected chi connectivity index (χ0v) is 15.1. The zero-order valence-electron chi connectivity index (χ0n) is 15.1. The van der Waals surface area contributed by atoms with Crippen LogP contribution < -0.4 is 19.9 Å². The first-order valence-corrected chi connectivity index (χ1v) is 9.14. The van der Waals surface area contributed by atoms with Gasteiger partial charge in [-0.1, -0.05) is 12.1 Å². The van der Waals surface area contributed by atoms with Gasteiger partial charge in [0, 0.05) is 38.4 Å². The van der Waals surface area contributed by atoms with Gasteiger partial charge in [0.05, 0.1) is 26.0 Å². The molecule has 26 heavy (non-hydrogen) atoms. The summed E-state index contributed by atoms with van der Waals surface area (Å²) in [6.45, 7) is 5.08. The minimum absolute atomic E-state index is 0.354. The molecule has 7 nitrogen and oxygen atoms in total. The van der Waals surface area contributed by atoms with Crippen LogP contribution >= 0.6 is 0 Å². The summed E-state index contributed by atoms with van der Waals surface area (Å²) in [6, 6.07) is 10.5. The Morgan fingerprint density at radius 3 is 2.81 bits per heavy atom. The molecule has 2 fully saturated rings. The van der Waals surface area contributed by atoms with E-state index in [2.05, 4.69) is 32.2 Å². The van der Waals surface area contributed by atoms with Crippen LogP contribution in [-0.2, 0) is 4.74 Å². The van der Waals surface area contributed by atoms with Crippen molar-refractivity contribution in [1.82, 2.24) is 9.97 Å². The molecule has 1 unspecified atom stereocenters. The van der Waals surface area contributed by atoms with Crippen molar-refractivity contribution in [3.8, 4) is 5.75 Å². The van der Waals surface area contributed by atoms with Crippen LogP contribution in [0.5, 0.6) is 5.75 Å². The number of anilines is 3. The van der Waals surface area contributed by atoms with E-state index in [0.717, 1.165) is 69.0 Å². The van der Waals surface area contributed by atoms with Crippen LogP contribution in [0.1, 0.15) is 6.42 Å². The van der Waals surface area contributed by atoms with Gasteiger partial charge in [0.25, 0.3) is 0 Å². The Kier molecular flexibility index (Phi) is 5.06. The van der Waals surface area contributed by atoms with Crippen molar-refractivity contribution >= 4 is 17.5 Å². The molecule has 1 atom stereocenters. The number of hydrogen-bond donors (Lipinski definition) is 1. The minimum atomic E-state index is 0.354. The standard InChI is InChI=1S/C19H25N5O2/c1-25-17-5-3-2-4-16(17)24-9-7-15(14-24)21-18-6-8-20-19(22-18)23-10-12-26-13-11-23/h2-6,8,15H,7,9-14H2,1H3,(H,20,21,22). The van der Waals surface area contributed by atoms with Gasteiger partial charge in [-0.05, 0) is 24.6 Å². The van der Waals surface area contributed by atoms with Gasteiger partial charge in [0.15, 0.2) is 0 Å². The largest absolute Gasteiger partial charge is 0.495 e. The maximum absolute atomic E-state index is 5.50. The lowest BCUT2D eigenvalue weighted by atomic mass is 10.2. The molecule has 0 saturated carbocycles. The fourth-order valence-electron chi connectivity index (χ4n) is 3.54. The van der Waals surface area contributed by atoms with Crippen LogP contribution in [0.15, 0.2) is 36.5 Å². The lowest BCUT2D eigenvalue weighted by molar-refractivity contribution is 0.122. The van der Waals surface area contributed by atoms with Gasteiger partial charge in [0.2, 0.25) is 5.95 Å². The fourth-order valence-corrected chi connectivity index (χ4v) is 3.54. The summed E-state index contributed by atoms with van der Waals surface area (Å²) < 4.78 is 10.9. The third kappa shape index (κ3) is 3.67. The number of aromatic nitrogens is 2. The summed E-state index contributed by atoms with van der Waals surface area (Å²) in [4.78, 5) is 13.6. The Labute approximate surface area is 153 Å². The highest BCUT2D eigenvalue weighted by molar-refractivity contribution is 5.59. The topological polar surface area (TPSA) is 62.8 Å². The lowest BCUT2D eigenvalue weighted by Gasteiger charge is -2.27. The summed E-state index contributed by atoms with van der Waals surface area (Å²) in [5.74, 6) is 2.58. The SMILES string of the molecule is COc1ccccc1N1CCC(Nc2ccnc(N3CCOCC3)n2)C1. The van der Waals surface area contributed by atoms with Gasteiger partial charge < -0.3 is 24.6 Å². The van der Waals surface area contributed by atoms with Gasteiger partial charge >= 0.3 is 0 Å². The molecule has 7 heteroatoms. The number of ether oxygens (including phenoxy) is 2. The van der Waals surface area contributed by atoms with Crippen molar-refractivity contribution in [3.05, 3.63) is 36.5 Å². The Bertz CT molecular complexity index is 735. The summed E-state index contributed by atoms with van der Waals surface area (Å²) in [7, 11) is 1.72. The quantitative estimate of drug-likeness (QED) is 0.880. The van der Waals surface area contributed by atoms with Crippen LogP contribution in [-0.4, -0.2) is 62.5 Å². The number of nitrogens with one attached hydrogen (secondary N) is 1. The van der Waals surface area contributed by atoms with Crippen LogP contribution in [0.2, 0.25) is 0 Å². The molecule has 1 aromatic heterocycles. The van der Waals surface area contributed by atoms with E-state index < -0.39 is 0 Å². The Morgan fingerprint density at radius 2 is 1.96 bits per heavy atom. The third-order valence-electron chi connectivity index (χ3n) is 4.90. The molecule has 4 rings (SSSR count). The number of hydrogen-bond acceptors (Lipinski definition) is 7. The van der Waals surface area contributed by atoms with Crippen LogP contribution in [0, 0.1) is 0 Å². The van der Waals surface area contributed by atoms with Gasteiger partial charge in [-0.3, -0.25) is 0 Å². The molecule has 2 aliphatic rings. The highest BCUT2D eigenvalue weighted by atomic mass is 16.5. The second-order valence-corrected chi connectivity index (χ2v) is 6.59. The molecular weight excluding hydrogens is 330 g/mol. The van der Waals surface area contributed by atoms with E-state index in [-0.39, 0.29) is 0 Å². The van der Waals surface area contributed by atoms with E-state index in [1.54, 1.807) is 7.11 Å². The Hall–Kier alpha value is -2.54. The molecule has 0 aliphatic carbocycles. The molecule has 1 aromatic carbocycles. The first-order chi connectivity index (χ1) is 12.8. The molecule has 0 spiro atoms. The molecule has 0 amide bonds. The van der Waals surface area contributed by atoms with Crippen molar-refractivity contribution < 1.29 is 9.47 Å². The number of methoxy groups -OCH3 is 1. The molecule has 138 valence electrons. The van der Waals surface area contributed by atoms with Crippen molar-refractivity contribution in [2.24, 2.45) is 0 Å². The summed E-state index contributed by atoms with van der Waals surface area (Å²) >= 11 is 0. The Morgan fingerprint density at radius 1 is 1.12 bits per heavy atom. The summed E-state index contributed by atoms with van der Waals surface area (Å²) in [5.41, 5.74) is 1.15. The predicted molar refractivity (Wildman–Crippen MR) is 102 cm³/mol. The zero-order chi connectivity index (χ0) is 17.8. The summed E-state index contributed by atoms with van der Waals surface area (Å²) in [6.07, 6.45) is 2.89. The summed E-state index contributed by atoms with van der Waals surface area (Å²) in [5, 5.41) is 3.57. The molecule has 3 heterocycles. The number of nitrogens with zero attached hydrogens (tertiary/aromatic N) is 4. The molecule has 0 radical (unpaired) electrons. The second-order valence-electron chi connectivity index (χ2n) is 6.59. The third-order valence-corrected chi connectivity index (χ3v) is 4.90. The number of rotatable bonds is 5. The van der Waals surface area contributed by atoms with E-state index in [4.69, 9.17) is 14.5 Å². The highest BCUT2D eigenvalue weighted by Crippen LogP contribution is 2.31. The van der Waals surface area contributed by atoms with Gasteiger partial charge in [-0.25, -0.2) is 4.98 Å². The molecule has 1 N–H and O–H groups in total. The number of benzene rings is 1. The van der Waals surface area contributed by atoms with E-state index >= 15 is 0 Å². The smallest absolute Gasteiger partial charge is 0.227 e. The maximum Gasteiger partial charge on any atom is 0.227 e. The van der Waals surface area contributed by atoms with Crippen LogP contribution in [0.3, 0.4) is 0 Å². The average molecular weight is 355 g/mol. The van der Waals surface area contributed by atoms with Gasteiger partial charge in [-0.2, -0.15) is 4.98 Å². The minimum Gasteiger partial charge on any atom is -0.495 e. The van der Waals surface area contributed by atoms with E-state index in [9.17, 15) is 0 Å². The molecule has 2 saturated heterocycles. The number of para-hydroxylation sites is 2. The van der Waals surface area contributed by atoms with E-state index in [1.807, 2.05) is 24.4 Å². The van der Waals surface area contributed by atoms with Crippen LogP contribution in [0.25, 0.3) is 0 Å². The predicted octanol–water partition coefficient (Wildman–Crippen LogP) is 2.01. The fraction of sp³-hybridized carbons (Fsp3) is 0.474. The lowest BCUT2D eigenvalue weighted by Crippen LogP contribution is -2.37. The molecule has 0 bridgehead atoms. The molecule has 2 aromatic rings. The molecular formula is C19H25N5O2. The van der Waals surface area contributed by atoms with Crippen molar-refractivity contribution in [2.75, 3.05) is 61.6 Å². The number of morpholine rings is 1. The van der Waals surface area contributed by atoms with E-state index in [1.165, 1.54) is 0 Å². The van der Waals surface area contributed by atoms with Crippen molar-refractivity contribution in [3.63, 3.8) is 0 Å². The monoisotopic (exact) mass is 355 g/mol. The van der Waals surface area contributed by atoms with Crippen LogP contribution in [0.4, 0.5) is 17.5 Å². The normalized spacial score (nSPS) is 20.3. The van der Waals surface area contributed by atoms with Crippen molar-refractivity contribution in [1.29, 1.82) is 0 Å². The van der Waals surface area contributed by atoms with Crippen molar-refractivity contribution in [2.45, 2.75) is 12.5 Å². The van der Waals surface area contributed by atoms with Gasteiger partial charge in [0.1, 0.15) is 11.6 Å². The first-order valence-electron chi connectivity index (χ1n) is 9.14. The average Bonchev–Trinajstić information content (AvgIpc) is 3.17. The Balaban J connectivity index is 1.41. The van der Waals surface area contributed by atoms with Gasteiger partial charge in [-0.15, -0.1) is 0 Å².